The third-order valence-corrected chi connectivity index (χ3v) is 2.99. The number of hydrogen-bond donors (Lipinski definition) is 1. The second-order valence-corrected chi connectivity index (χ2v) is 5.50. The van der Waals surface area contributed by atoms with Crippen molar-refractivity contribution in [3.05, 3.63) is 77.5 Å². The molecular formula is C21H31N. The first kappa shape index (κ1) is 20.0. The first-order valence-corrected chi connectivity index (χ1v) is 7.87. The fourth-order valence-electron chi connectivity index (χ4n) is 1.99. The number of rotatable bonds is 5. The second-order valence-electron chi connectivity index (χ2n) is 5.50. The fourth-order valence-corrected chi connectivity index (χ4v) is 1.99. The van der Waals surface area contributed by atoms with Crippen molar-refractivity contribution < 1.29 is 0 Å². The molecule has 1 aromatic carbocycles. The van der Waals surface area contributed by atoms with E-state index in [1.54, 1.807) is 0 Å². The zero-order valence-corrected chi connectivity index (χ0v) is 15.1. The van der Waals surface area contributed by atoms with Crippen molar-refractivity contribution in [2.45, 2.75) is 41.0 Å². The van der Waals surface area contributed by atoms with Gasteiger partial charge in [-0.05, 0) is 37.5 Å². The maximum Gasteiger partial charge on any atom is 0.0344 e. The molecule has 120 valence electrons. The van der Waals surface area contributed by atoms with Gasteiger partial charge in [-0.15, -0.1) is 0 Å². The summed E-state index contributed by atoms with van der Waals surface area (Å²) in [6.45, 7) is 18.6. The molecule has 1 N–H and O–H groups in total. The zero-order valence-electron chi connectivity index (χ0n) is 15.1. The first-order valence-electron chi connectivity index (χ1n) is 7.87. The van der Waals surface area contributed by atoms with Crippen LogP contribution < -0.4 is 5.32 Å². The average Bonchev–Trinajstić information content (AvgIpc) is 2.47. The van der Waals surface area contributed by atoms with Crippen LogP contribution in [0.2, 0.25) is 0 Å². The van der Waals surface area contributed by atoms with Crippen molar-refractivity contribution in [2.24, 2.45) is 0 Å². The highest BCUT2D eigenvalue weighted by atomic mass is 14.8. The summed E-state index contributed by atoms with van der Waals surface area (Å²) < 4.78 is 0. The average molecular weight is 297 g/mol. The van der Waals surface area contributed by atoms with Crippen LogP contribution in [0.5, 0.6) is 0 Å². The number of likely N-dealkylation sites (N-methyl/N-ethyl adjacent to an activating group) is 1. The molecule has 0 aliphatic rings. The smallest absolute Gasteiger partial charge is 0.0344 e. The Hall–Kier alpha value is -2.02. The van der Waals surface area contributed by atoms with E-state index in [1.807, 2.05) is 13.1 Å². The summed E-state index contributed by atoms with van der Waals surface area (Å²) in [4.78, 5) is 0. The minimum absolute atomic E-state index is 0.880. The molecule has 0 bridgehead atoms. The van der Waals surface area contributed by atoms with E-state index in [0.29, 0.717) is 0 Å². The van der Waals surface area contributed by atoms with Crippen LogP contribution in [0.1, 0.15) is 45.2 Å². The van der Waals surface area contributed by atoms with Gasteiger partial charge in [0.1, 0.15) is 0 Å². The standard InChI is InChI=1S/C18H23N.C3H8/c1-7-16(15(5)19-6)18(12-13(2)3)17-11-9-8-10-14(17)4;1-3-2/h7-12,19H,1,5H2,2-4,6H3;3H2,1-2H3/b18-16-;. The van der Waals surface area contributed by atoms with Gasteiger partial charge in [-0.2, -0.15) is 0 Å². The van der Waals surface area contributed by atoms with Gasteiger partial charge in [0.25, 0.3) is 0 Å². The van der Waals surface area contributed by atoms with Gasteiger partial charge in [-0.1, -0.05) is 75.4 Å². The molecule has 0 fully saturated rings. The quantitative estimate of drug-likeness (QED) is 0.652. The third kappa shape index (κ3) is 6.17. The number of nitrogens with one attached hydrogen (secondary N) is 1. The molecule has 0 amide bonds. The van der Waals surface area contributed by atoms with Gasteiger partial charge in [0.05, 0.1) is 0 Å². The van der Waals surface area contributed by atoms with Crippen LogP contribution in [-0.2, 0) is 0 Å². The molecule has 1 aromatic rings. The summed E-state index contributed by atoms with van der Waals surface area (Å²) in [5.41, 5.74) is 6.80. The van der Waals surface area contributed by atoms with Crippen molar-refractivity contribution >= 4 is 5.57 Å². The Morgan fingerprint density at radius 1 is 1.18 bits per heavy atom. The Labute approximate surface area is 137 Å². The number of aryl methyl sites for hydroxylation is 1. The molecule has 0 radical (unpaired) electrons. The molecule has 0 heterocycles. The third-order valence-electron chi connectivity index (χ3n) is 2.99. The maximum atomic E-state index is 4.06. The van der Waals surface area contributed by atoms with Gasteiger partial charge in [0, 0.05) is 18.3 Å². The SMILES string of the molecule is C=C/C(C(=C)NC)=C(\C=C(C)C)c1ccccc1C.CCC. The molecule has 22 heavy (non-hydrogen) atoms. The Kier molecular flexibility index (Phi) is 9.69. The van der Waals surface area contributed by atoms with E-state index in [0.717, 1.165) is 16.8 Å². The lowest BCUT2D eigenvalue weighted by molar-refractivity contribution is 1.02. The summed E-state index contributed by atoms with van der Waals surface area (Å²) in [6.07, 6.45) is 5.29. The van der Waals surface area contributed by atoms with Crippen LogP contribution in [0.4, 0.5) is 0 Å². The van der Waals surface area contributed by atoms with E-state index in [1.165, 1.54) is 23.1 Å². The van der Waals surface area contributed by atoms with E-state index in [-0.39, 0.29) is 0 Å². The molecule has 0 saturated heterocycles. The first-order chi connectivity index (χ1) is 10.4. The molecule has 0 aromatic heterocycles. The van der Waals surface area contributed by atoms with Crippen molar-refractivity contribution in [1.82, 2.24) is 5.32 Å². The predicted molar refractivity (Wildman–Crippen MR) is 102 cm³/mol. The zero-order chi connectivity index (χ0) is 17.1. The summed E-state index contributed by atoms with van der Waals surface area (Å²) in [5, 5.41) is 3.11. The molecular weight excluding hydrogens is 266 g/mol. The van der Waals surface area contributed by atoms with Crippen molar-refractivity contribution in [1.29, 1.82) is 0 Å². The van der Waals surface area contributed by atoms with E-state index in [2.05, 4.69) is 83.4 Å². The highest BCUT2D eigenvalue weighted by Gasteiger charge is 2.09. The lowest BCUT2D eigenvalue weighted by Gasteiger charge is -2.15. The van der Waals surface area contributed by atoms with Gasteiger partial charge in [0.2, 0.25) is 0 Å². The van der Waals surface area contributed by atoms with E-state index in [4.69, 9.17) is 0 Å². The highest BCUT2D eigenvalue weighted by Crippen LogP contribution is 2.27. The minimum Gasteiger partial charge on any atom is -0.388 e. The molecule has 0 aliphatic heterocycles. The fraction of sp³-hybridized carbons (Fsp3) is 0.333. The predicted octanol–water partition coefficient (Wildman–Crippen LogP) is 6.05. The van der Waals surface area contributed by atoms with E-state index in [9.17, 15) is 0 Å². The van der Waals surface area contributed by atoms with Gasteiger partial charge < -0.3 is 5.32 Å². The topological polar surface area (TPSA) is 12.0 Å². The molecule has 0 unspecified atom stereocenters. The Bertz CT molecular complexity index is 555. The Morgan fingerprint density at radius 3 is 2.14 bits per heavy atom. The Morgan fingerprint density at radius 2 is 1.73 bits per heavy atom. The molecule has 0 spiro atoms. The van der Waals surface area contributed by atoms with Gasteiger partial charge in [-0.3, -0.25) is 0 Å². The normalized spacial score (nSPS) is 10.6. The molecule has 0 saturated carbocycles. The number of hydrogen-bond acceptors (Lipinski definition) is 1. The van der Waals surface area contributed by atoms with Crippen LogP contribution in [0.15, 0.2) is 66.4 Å². The Balaban J connectivity index is 0.00000135. The van der Waals surface area contributed by atoms with E-state index < -0.39 is 0 Å². The maximum absolute atomic E-state index is 4.06. The number of benzene rings is 1. The highest BCUT2D eigenvalue weighted by molar-refractivity contribution is 5.83. The van der Waals surface area contributed by atoms with Crippen molar-refractivity contribution in [2.75, 3.05) is 7.05 Å². The number of allylic oxidation sites excluding steroid dienone is 4. The van der Waals surface area contributed by atoms with Crippen LogP contribution in [0.25, 0.3) is 5.57 Å². The van der Waals surface area contributed by atoms with Crippen LogP contribution in [-0.4, -0.2) is 7.05 Å². The lowest BCUT2D eigenvalue weighted by Crippen LogP contribution is -2.07. The van der Waals surface area contributed by atoms with Gasteiger partial charge in [0.15, 0.2) is 0 Å². The summed E-state index contributed by atoms with van der Waals surface area (Å²) in [5.74, 6) is 0. The monoisotopic (exact) mass is 297 g/mol. The molecule has 0 aliphatic carbocycles. The molecule has 1 nitrogen and oxygen atoms in total. The van der Waals surface area contributed by atoms with Gasteiger partial charge in [-0.25, -0.2) is 0 Å². The van der Waals surface area contributed by atoms with Crippen LogP contribution in [0.3, 0.4) is 0 Å². The van der Waals surface area contributed by atoms with Crippen molar-refractivity contribution in [3.8, 4) is 0 Å². The molecule has 1 heteroatoms. The summed E-state index contributed by atoms with van der Waals surface area (Å²) >= 11 is 0. The largest absolute Gasteiger partial charge is 0.388 e. The van der Waals surface area contributed by atoms with Crippen LogP contribution >= 0.6 is 0 Å². The summed E-state index contributed by atoms with van der Waals surface area (Å²) in [7, 11) is 1.88. The molecule has 1 rings (SSSR count). The second kappa shape index (κ2) is 10.7. The lowest BCUT2D eigenvalue weighted by atomic mass is 9.93. The van der Waals surface area contributed by atoms with Gasteiger partial charge >= 0.3 is 0 Å². The van der Waals surface area contributed by atoms with E-state index >= 15 is 0 Å². The molecule has 0 atom stereocenters. The minimum atomic E-state index is 0.880. The van der Waals surface area contributed by atoms with Crippen LogP contribution in [0, 0.1) is 6.92 Å². The summed E-state index contributed by atoms with van der Waals surface area (Å²) in [6, 6.07) is 8.37. The van der Waals surface area contributed by atoms with Crippen molar-refractivity contribution in [3.63, 3.8) is 0 Å².